The third-order valence-corrected chi connectivity index (χ3v) is 4.31. The summed E-state index contributed by atoms with van der Waals surface area (Å²) >= 11 is 1.65. The largest absolute Gasteiger partial charge is 0.336 e. The van der Waals surface area contributed by atoms with Crippen LogP contribution in [0.4, 0.5) is 4.79 Å². The second-order valence-corrected chi connectivity index (χ2v) is 5.37. The van der Waals surface area contributed by atoms with Crippen molar-refractivity contribution in [1.82, 2.24) is 15.1 Å². The lowest BCUT2D eigenvalue weighted by atomic mass is 10.1. The van der Waals surface area contributed by atoms with E-state index in [1.54, 1.807) is 18.8 Å². The molecule has 0 saturated carbocycles. The maximum atomic E-state index is 11.9. The number of amidine groups is 1. The topological polar surface area (TPSA) is 65.0 Å². The molecule has 0 aromatic carbocycles. The molecule has 0 radical (unpaired) electrons. The van der Waals surface area contributed by atoms with E-state index in [9.17, 15) is 9.59 Å². The molecule has 3 amide bonds. The van der Waals surface area contributed by atoms with E-state index in [2.05, 4.69) is 17.2 Å². The quantitative estimate of drug-likeness (QED) is 0.820. The Hall–Kier alpha value is -1.24. The van der Waals surface area contributed by atoms with Gasteiger partial charge in [0.25, 0.3) is 5.91 Å². The average Bonchev–Trinajstić information content (AvgIpc) is 2.72. The van der Waals surface area contributed by atoms with Gasteiger partial charge >= 0.3 is 6.03 Å². The number of nitrogens with zero attached hydrogens (tertiary/aromatic N) is 3. The van der Waals surface area contributed by atoms with E-state index in [0.717, 1.165) is 17.3 Å². The number of aliphatic imine (C=N–C) groups is 1. The van der Waals surface area contributed by atoms with Crippen LogP contribution in [0.1, 0.15) is 20.3 Å². The normalized spacial score (nSPS) is 27.2. The monoisotopic (exact) mass is 270 g/mol. The highest BCUT2D eigenvalue weighted by molar-refractivity contribution is 8.13. The molecule has 2 rings (SSSR count). The first-order chi connectivity index (χ1) is 8.60. The number of urea groups is 1. The number of likely N-dealkylation sites (N-methyl/N-ethyl adjacent to an activating group) is 2. The number of fused-ring (bicyclic) bond motifs is 1. The van der Waals surface area contributed by atoms with Crippen LogP contribution in [0.3, 0.4) is 0 Å². The third-order valence-electron chi connectivity index (χ3n) is 3.10. The summed E-state index contributed by atoms with van der Waals surface area (Å²) < 4.78 is 0. The molecule has 2 atom stereocenters. The van der Waals surface area contributed by atoms with Gasteiger partial charge < -0.3 is 9.80 Å². The highest BCUT2D eigenvalue weighted by atomic mass is 32.2. The second-order valence-electron chi connectivity index (χ2n) is 4.31. The summed E-state index contributed by atoms with van der Waals surface area (Å²) in [7, 11) is 1.67. The van der Waals surface area contributed by atoms with Crippen molar-refractivity contribution in [3.8, 4) is 0 Å². The van der Waals surface area contributed by atoms with Gasteiger partial charge in [-0.25, -0.2) is 9.79 Å². The summed E-state index contributed by atoms with van der Waals surface area (Å²) in [6, 6.07) is -0.750. The molecule has 0 bridgehead atoms. The van der Waals surface area contributed by atoms with Crippen molar-refractivity contribution in [1.29, 1.82) is 0 Å². The van der Waals surface area contributed by atoms with Crippen molar-refractivity contribution in [2.45, 2.75) is 32.5 Å². The molecule has 0 aliphatic carbocycles. The van der Waals surface area contributed by atoms with Gasteiger partial charge in [-0.15, -0.1) is 0 Å². The maximum Gasteiger partial charge on any atom is 0.325 e. The van der Waals surface area contributed by atoms with Gasteiger partial charge in [-0.2, -0.15) is 0 Å². The average molecular weight is 270 g/mol. The molecule has 18 heavy (non-hydrogen) atoms. The highest BCUT2D eigenvalue weighted by Crippen LogP contribution is 2.28. The molecule has 100 valence electrons. The minimum atomic E-state index is -0.384. The Morgan fingerprint density at radius 2 is 2.11 bits per heavy atom. The predicted octanol–water partition coefficient (Wildman–Crippen LogP) is 0.697. The number of thioether (sulfide) groups is 1. The number of hydrogen-bond acceptors (Lipinski definition) is 5. The molecule has 2 heterocycles. The first-order valence-electron chi connectivity index (χ1n) is 6.15. The van der Waals surface area contributed by atoms with Crippen LogP contribution in [-0.4, -0.2) is 58.5 Å². The van der Waals surface area contributed by atoms with Gasteiger partial charge in [0.05, 0.1) is 0 Å². The smallest absolute Gasteiger partial charge is 0.325 e. The van der Waals surface area contributed by atoms with Crippen LogP contribution in [0, 0.1) is 0 Å². The molecule has 2 aliphatic heterocycles. The van der Waals surface area contributed by atoms with E-state index in [4.69, 9.17) is 0 Å². The van der Waals surface area contributed by atoms with E-state index in [1.165, 1.54) is 4.90 Å². The van der Waals surface area contributed by atoms with Crippen molar-refractivity contribution in [3.05, 3.63) is 0 Å². The number of rotatable bonds is 3. The molecule has 6 nitrogen and oxygen atoms in total. The summed E-state index contributed by atoms with van der Waals surface area (Å²) in [5.41, 5.74) is 0. The molecule has 2 unspecified atom stereocenters. The van der Waals surface area contributed by atoms with Crippen molar-refractivity contribution in [2.75, 3.05) is 19.3 Å². The third kappa shape index (κ3) is 2.07. The van der Waals surface area contributed by atoms with Gasteiger partial charge in [-0.3, -0.25) is 10.1 Å². The Labute approximate surface area is 111 Å². The molecule has 1 N–H and O–H groups in total. The molecule has 0 aromatic heterocycles. The molecule has 1 saturated heterocycles. The van der Waals surface area contributed by atoms with Crippen LogP contribution in [0.25, 0.3) is 0 Å². The minimum absolute atomic E-state index is 0.249. The Morgan fingerprint density at radius 3 is 2.72 bits per heavy atom. The fourth-order valence-electron chi connectivity index (χ4n) is 2.15. The highest BCUT2D eigenvalue weighted by Gasteiger charge is 2.47. The van der Waals surface area contributed by atoms with Crippen LogP contribution in [-0.2, 0) is 4.79 Å². The van der Waals surface area contributed by atoms with Crippen molar-refractivity contribution < 1.29 is 9.59 Å². The number of carbonyl (C=O) groups excluding carboxylic acids is 2. The SMILES string of the molecule is CCCSC1=NC2C(C(=O)NC(=O)N2C)N1CC. The molecular weight excluding hydrogens is 252 g/mol. The van der Waals surface area contributed by atoms with Gasteiger partial charge in [0, 0.05) is 19.3 Å². The van der Waals surface area contributed by atoms with Gasteiger partial charge in [-0.1, -0.05) is 18.7 Å². The predicted molar refractivity (Wildman–Crippen MR) is 71.4 cm³/mol. The summed E-state index contributed by atoms with van der Waals surface area (Å²) in [4.78, 5) is 31.5. The zero-order valence-electron chi connectivity index (χ0n) is 10.8. The maximum absolute atomic E-state index is 11.9. The minimum Gasteiger partial charge on any atom is -0.336 e. The Morgan fingerprint density at radius 1 is 1.39 bits per heavy atom. The number of hydrogen-bond donors (Lipinski definition) is 1. The van der Waals surface area contributed by atoms with Crippen LogP contribution in [0.5, 0.6) is 0 Å². The molecule has 0 spiro atoms. The Balaban J connectivity index is 2.23. The fourth-order valence-corrected chi connectivity index (χ4v) is 3.12. The zero-order valence-corrected chi connectivity index (χ0v) is 11.7. The number of nitrogens with one attached hydrogen (secondary N) is 1. The summed E-state index contributed by atoms with van der Waals surface area (Å²) in [5, 5.41) is 3.23. The molecule has 7 heteroatoms. The fraction of sp³-hybridized carbons (Fsp3) is 0.727. The van der Waals surface area contributed by atoms with Crippen molar-refractivity contribution >= 4 is 28.9 Å². The Kier molecular flexibility index (Phi) is 3.79. The van der Waals surface area contributed by atoms with Gasteiger partial charge in [-0.05, 0) is 13.3 Å². The summed E-state index contributed by atoms with van der Waals surface area (Å²) in [5.74, 6) is 0.717. The van der Waals surface area contributed by atoms with Crippen LogP contribution >= 0.6 is 11.8 Å². The summed E-state index contributed by atoms with van der Waals surface area (Å²) in [6.45, 7) is 4.81. The lowest BCUT2D eigenvalue weighted by molar-refractivity contribution is -0.127. The van der Waals surface area contributed by atoms with Crippen molar-refractivity contribution in [2.24, 2.45) is 4.99 Å². The van der Waals surface area contributed by atoms with Crippen molar-refractivity contribution in [3.63, 3.8) is 0 Å². The van der Waals surface area contributed by atoms with E-state index >= 15 is 0 Å². The molecule has 1 fully saturated rings. The van der Waals surface area contributed by atoms with Crippen LogP contribution in [0.15, 0.2) is 4.99 Å². The number of carbonyl (C=O) groups is 2. The lowest BCUT2D eigenvalue weighted by Gasteiger charge is -2.35. The van der Waals surface area contributed by atoms with Crippen LogP contribution < -0.4 is 5.32 Å². The standard InChI is InChI=1S/C11H18N4O2S/c1-4-6-18-11-12-8-7(15(11)5-2)9(16)13-10(17)14(8)3/h7-8H,4-6H2,1-3H3,(H,13,16,17). The molecule has 2 aliphatic rings. The van der Waals surface area contributed by atoms with Gasteiger partial charge in [0.1, 0.15) is 0 Å². The van der Waals surface area contributed by atoms with E-state index in [1.807, 2.05) is 11.8 Å². The van der Waals surface area contributed by atoms with E-state index in [0.29, 0.717) is 6.54 Å². The Bertz CT molecular complexity index is 399. The van der Waals surface area contributed by atoms with Gasteiger partial charge in [0.15, 0.2) is 17.4 Å². The molecular formula is C11H18N4O2S. The first-order valence-corrected chi connectivity index (χ1v) is 7.13. The zero-order chi connectivity index (χ0) is 13.3. The second kappa shape index (κ2) is 5.17. The first kappa shape index (κ1) is 13.2. The lowest BCUT2D eigenvalue weighted by Crippen LogP contribution is -2.63. The molecule has 0 aromatic rings. The van der Waals surface area contributed by atoms with E-state index < -0.39 is 0 Å². The number of imide groups is 1. The number of amides is 3. The van der Waals surface area contributed by atoms with E-state index in [-0.39, 0.29) is 24.1 Å². The van der Waals surface area contributed by atoms with Crippen LogP contribution in [0.2, 0.25) is 0 Å². The summed E-state index contributed by atoms with van der Waals surface area (Å²) in [6.07, 6.45) is 0.669. The van der Waals surface area contributed by atoms with Gasteiger partial charge in [0.2, 0.25) is 0 Å².